The van der Waals surface area contributed by atoms with Crippen LogP contribution in [0.15, 0.2) is 107 Å². The molecule has 3 aromatic carbocycles. The lowest BCUT2D eigenvalue weighted by Crippen LogP contribution is -2.27. The van der Waals surface area contributed by atoms with Gasteiger partial charge in [-0.25, -0.2) is 0 Å². The first-order chi connectivity index (χ1) is 19.1. The maximum absolute atomic E-state index is 4.87. The molecule has 0 aliphatic heterocycles. The molecule has 1 atom stereocenters. The molecule has 1 aromatic heterocycles. The topological polar surface area (TPSA) is 32.9 Å². The maximum atomic E-state index is 4.87. The number of hydrogen-bond donors (Lipinski definition) is 1. The highest BCUT2D eigenvalue weighted by Gasteiger charge is 2.28. The van der Waals surface area contributed by atoms with Crippen molar-refractivity contribution in [3.8, 4) is 11.1 Å². The Hall–Kier alpha value is -3.83. The second-order valence-corrected chi connectivity index (χ2v) is 11.1. The van der Waals surface area contributed by atoms with Gasteiger partial charge in [-0.1, -0.05) is 90.0 Å². The molecular weight excluding hydrogens is 508 g/mol. The van der Waals surface area contributed by atoms with Crippen molar-refractivity contribution in [2.75, 3.05) is 7.05 Å². The molecule has 0 spiro atoms. The number of likely N-dealkylation sites (N-methyl/N-ethyl adjacent to an activating group) is 1. The third-order valence-electron chi connectivity index (χ3n) is 7.17. The van der Waals surface area contributed by atoms with E-state index in [0.29, 0.717) is 0 Å². The van der Waals surface area contributed by atoms with Crippen molar-refractivity contribution in [2.24, 2.45) is 17.3 Å². The average Bonchev–Trinajstić information content (AvgIpc) is 2.92. The summed E-state index contributed by atoms with van der Waals surface area (Å²) in [4.78, 5) is 2.12. The van der Waals surface area contributed by atoms with Crippen LogP contribution in [-0.2, 0) is 11.8 Å². The van der Waals surface area contributed by atoms with Crippen molar-refractivity contribution in [3.63, 3.8) is 0 Å². The van der Waals surface area contributed by atoms with Gasteiger partial charge in [0.25, 0.3) is 0 Å². The largest absolute Gasteiger partial charge is 0.354 e. The number of nitrogens with zero attached hydrogens (tertiary/aromatic N) is 4. The molecule has 0 amide bonds. The molecule has 1 unspecified atom stereocenters. The molecule has 208 valence electrons. The summed E-state index contributed by atoms with van der Waals surface area (Å²) in [7, 11) is 4.07. The Bertz CT molecular complexity index is 1610. The normalized spacial score (nSPS) is 13.6. The van der Waals surface area contributed by atoms with Gasteiger partial charge < -0.3 is 9.47 Å². The monoisotopic (exact) mass is 550 g/mol. The van der Waals surface area contributed by atoms with Crippen LogP contribution in [0.25, 0.3) is 22.0 Å². The highest BCUT2D eigenvalue weighted by Crippen LogP contribution is 2.37. The van der Waals surface area contributed by atoms with E-state index in [1.54, 1.807) is 0 Å². The first-order valence-electron chi connectivity index (χ1n) is 13.5. The quantitative estimate of drug-likeness (QED) is 0.146. The molecule has 0 radical (unpaired) electrons. The zero-order valence-corrected chi connectivity index (χ0v) is 26.0. The van der Waals surface area contributed by atoms with Gasteiger partial charge in [0.1, 0.15) is 0 Å². The molecule has 0 fully saturated rings. The summed E-state index contributed by atoms with van der Waals surface area (Å²) in [6.07, 6.45) is 6.20. The number of hydrogen-bond acceptors (Lipinski definition) is 4. The summed E-state index contributed by atoms with van der Waals surface area (Å²) in [6.45, 7) is 16.0. The van der Waals surface area contributed by atoms with E-state index < -0.39 is 0 Å². The zero-order valence-electron chi connectivity index (χ0n) is 25.1. The number of pyridine rings is 1. The fourth-order valence-electron chi connectivity index (χ4n) is 5.20. The molecule has 0 aliphatic rings. The van der Waals surface area contributed by atoms with Crippen LogP contribution in [0.4, 0.5) is 0 Å². The maximum Gasteiger partial charge on any atom is 0.158 e. The summed E-state index contributed by atoms with van der Waals surface area (Å²) in [6, 6.07) is 25.5. The van der Waals surface area contributed by atoms with E-state index in [0.717, 1.165) is 16.6 Å². The molecule has 1 heterocycles. The van der Waals surface area contributed by atoms with Gasteiger partial charge in [-0.15, -0.1) is 5.10 Å². The van der Waals surface area contributed by atoms with E-state index in [1.807, 2.05) is 26.1 Å². The summed E-state index contributed by atoms with van der Waals surface area (Å²) < 4.78 is 1.77. The van der Waals surface area contributed by atoms with E-state index in [1.165, 1.54) is 38.9 Å². The average molecular weight is 551 g/mol. The number of para-hydroxylation sites is 1. The molecule has 0 saturated heterocycles. The van der Waals surface area contributed by atoms with Crippen molar-refractivity contribution < 1.29 is 0 Å². The Kier molecular flexibility index (Phi) is 10.4. The second kappa shape index (κ2) is 13.5. The van der Waals surface area contributed by atoms with Crippen LogP contribution in [0.1, 0.15) is 43.0 Å². The summed E-state index contributed by atoms with van der Waals surface area (Å²) in [5.41, 5.74) is 10.4. The third kappa shape index (κ3) is 6.65. The summed E-state index contributed by atoms with van der Waals surface area (Å²) in [5, 5.41) is 9.20. The second-order valence-electron chi connectivity index (χ2n) is 10.2. The molecule has 4 aromatic rings. The van der Waals surface area contributed by atoms with Gasteiger partial charge in [0.05, 0.1) is 10.3 Å². The van der Waals surface area contributed by atoms with E-state index in [2.05, 4.69) is 147 Å². The highest BCUT2D eigenvalue weighted by atomic mass is 32.1. The smallest absolute Gasteiger partial charge is 0.158 e. The van der Waals surface area contributed by atoms with E-state index in [4.69, 9.17) is 12.6 Å². The van der Waals surface area contributed by atoms with Gasteiger partial charge in [0.15, 0.2) is 5.49 Å². The Morgan fingerprint density at radius 2 is 1.62 bits per heavy atom. The van der Waals surface area contributed by atoms with Crippen LogP contribution < -0.4 is 5.49 Å². The number of aromatic nitrogens is 1. The number of benzene rings is 3. The summed E-state index contributed by atoms with van der Waals surface area (Å²) >= 11 is 4.87. The SMILES string of the molecule is C/C=C(\N(C)/C=C/C)C(C)(S)c1ccc(C)cc1.C=N/N=c1/c(C)c(-c2cccc(C)c2)c2ccccc2n1C. The number of allylic oxidation sites excluding steroid dienone is 2. The van der Waals surface area contributed by atoms with E-state index >= 15 is 0 Å². The standard InChI is InChI=1S/C19H19N3.C16H23NS/c1-13-8-7-9-15(12-13)18-14(2)19(21-20-3)22(4)17-11-6-5-10-16(17)18;1-6-12-17(5)15(7-2)16(4,18)14-10-8-13(3)9-11-14/h5-12H,3H2,1-2,4H3;6-12,18H,1-5H3/b21-19-;12-6+,15-7-. The highest BCUT2D eigenvalue weighted by molar-refractivity contribution is 7.81. The molecule has 5 heteroatoms. The Morgan fingerprint density at radius 3 is 2.23 bits per heavy atom. The van der Waals surface area contributed by atoms with Crippen LogP contribution in [-0.4, -0.2) is 23.2 Å². The van der Waals surface area contributed by atoms with E-state index in [-0.39, 0.29) is 4.75 Å². The van der Waals surface area contributed by atoms with Gasteiger partial charge in [0.2, 0.25) is 0 Å². The van der Waals surface area contributed by atoms with Crippen LogP contribution in [0.5, 0.6) is 0 Å². The predicted molar refractivity (Wildman–Crippen MR) is 177 cm³/mol. The third-order valence-corrected chi connectivity index (χ3v) is 7.66. The van der Waals surface area contributed by atoms with Crippen LogP contribution in [0.2, 0.25) is 0 Å². The van der Waals surface area contributed by atoms with Crippen LogP contribution in [0, 0.1) is 20.8 Å². The molecule has 4 rings (SSSR count). The molecule has 4 nitrogen and oxygen atoms in total. The van der Waals surface area contributed by atoms with Gasteiger partial charge in [-0.05, 0) is 70.5 Å². The van der Waals surface area contributed by atoms with Crippen LogP contribution >= 0.6 is 12.6 Å². The molecule has 0 bridgehead atoms. The molecule has 0 saturated carbocycles. The van der Waals surface area contributed by atoms with Gasteiger partial charge in [-0.3, -0.25) is 0 Å². The van der Waals surface area contributed by atoms with Crippen molar-refractivity contribution >= 4 is 30.2 Å². The molecule has 40 heavy (non-hydrogen) atoms. The predicted octanol–water partition coefficient (Wildman–Crippen LogP) is 8.49. The number of rotatable bonds is 6. The lowest BCUT2D eigenvalue weighted by molar-refractivity contribution is 0.500. The molecule has 0 aliphatic carbocycles. The molecule has 0 N–H and O–H groups in total. The Balaban J connectivity index is 0.000000226. The van der Waals surface area contributed by atoms with Crippen molar-refractivity contribution in [1.82, 2.24) is 9.47 Å². The Morgan fingerprint density at radius 1 is 0.950 bits per heavy atom. The van der Waals surface area contributed by atoms with E-state index in [9.17, 15) is 0 Å². The lowest BCUT2D eigenvalue weighted by atomic mass is 9.94. The lowest BCUT2D eigenvalue weighted by Gasteiger charge is -2.33. The number of fused-ring (bicyclic) bond motifs is 1. The van der Waals surface area contributed by atoms with Crippen molar-refractivity contribution in [1.29, 1.82) is 0 Å². The minimum Gasteiger partial charge on any atom is -0.354 e. The van der Waals surface area contributed by atoms with Gasteiger partial charge >= 0.3 is 0 Å². The van der Waals surface area contributed by atoms with Crippen molar-refractivity contribution in [2.45, 2.75) is 46.3 Å². The summed E-state index contributed by atoms with van der Waals surface area (Å²) in [5.74, 6) is 0. The Labute approximate surface area is 245 Å². The number of thiol groups is 1. The minimum atomic E-state index is -0.295. The molecular formula is C35H42N4S. The zero-order chi connectivity index (χ0) is 29.4. The fraction of sp³-hybridized carbons (Fsp3) is 0.257. The minimum absolute atomic E-state index is 0.295. The van der Waals surface area contributed by atoms with Crippen molar-refractivity contribution in [3.05, 3.63) is 125 Å². The van der Waals surface area contributed by atoms with Gasteiger partial charge in [0, 0.05) is 37.5 Å². The first-order valence-corrected chi connectivity index (χ1v) is 14.0. The first kappa shape index (κ1) is 30.7. The van der Waals surface area contributed by atoms with Crippen LogP contribution in [0.3, 0.4) is 0 Å². The fourth-order valence-corrected chi connectivity index (χ4v) is 5.63. The number of aryl methyl sites for hydroxylation is 3. The van der Waals surface area contributed by atoms with Gasteiger partial charge in [-0.2, -0.15) is 17.7 Å².